The molecule has 596 valence electrons. The van der Waals surface area contributed by atoms with Crippen molar-refractivity contribution in [2.24, 2.45) is 23.7 Å². The molecule has 1 saturated heterocycles. The van der Waals surface area contributed by atoms with Gasteiger partial charge in [-0.1, -0.05) is 284 Å². The Morgan fingerprint density at radius 1 is 0.343 bits per heavy atom. The van der Waals surface area contributed by atoms with Gasteiger partial charge in [-0.05, 0) is 49.4 Å². The molecule has 20 nitrogen and oxygen atoms in total. The zero-order valence-corrected chi connectivity index (χ0v) is 67.0. The summed E-state index contributed by atoms with van der Waals surface area (Å²) in [5.41, 5.74) is 0. The summed E-state index contributed by atoms with van der Waals surface area (Å²) in [6.07, 6.45) is 32.9. The minimum Gasteiger partial charge on any atom is -0.466 e. The van der Waals surface area contributed by atoms with Crippen molar-refractivity contribution in [3.8, 4) is 0 Å². The molecule has 6 unspecified atom stereocenters. The van der Waals surface area contributed by atoms with Crippen molar-refractivity contribution in [3.63, 3.8) is 0 Å². The van der Waals surface area contributed by atoms with Crippen LogP contribution in [0.4, 0.5) is 0 Å². The molecule has 1 fully saturated rings. The number of hydrogen-bond acceptors (Lipinski definition) is 20. The van der Waals surface area contributed by atoms with Crippen molar-refractivity contribution in [2.45, 2.75) is 362 Å². The van der Waals surface area contributed by atoms with Gasteiger partial charge < -0.3 is 50.0 Å². The molecule has 0 aliphatic carbocycles. The maximum absolute atomic E-state index is 13.5. The van der Waals surface area contributed by atoms with E-state index in [1.165, 1.54) is 0 Å². The van der Waals surface area contributed by atoms with Crippen LogP contribution in [0, 0.1) is 23.7 Å². The molecule has 6 atom stereocenters. The van der Waals surface area contributed by atoms with Gasteiger partial charge in [0.05, 0.1) is 76.5 Å². The molecule has 1 rings (SSSR count). The highest BCUT2D eigenvalue weighted by Gasteiger charge is 2.35. The molecule has 6 N–H and O–H groups in total. The predicted octanol–water partition coefficient (Wildman–Crippen LogP) is 14.7. The van der Waals surface area contributed by atoms with E-state index in [2.05, 4.69) is 66.0 Å². The molecule has 22 heteroatoms. The maximum atomic E-state index is 13.5. The first-order valence-electron chi connectivity index (χ1n) is 40.9. The van der Waals surface area contributed by atoms with E-state index in [1.807, 2.05) is 0 Å². The lowest BCUT2D eigenvalue weighted by Crippen LogP contribution is -2.63. The summed E-state index contributed by atoms with van der Waals surface area (Å²) < 4.78 is 22.5. The number of aliphatic hydroxyl groups excluding tert-OH is 4. The zero-order chi connectivity index (χ0) is 75.4. The Kier molecular flexibility index (Phi) is 61.4. The Morgan fingerprint density at radius 2 is 0.549 bits per heavy atom. The molecule has 102 heavy (non-hydrogen) atoms. The molecule has 0 bridgehead atoms. The maximum Gasteiger partial charge on any atom is 0.308 e. The van der Waals surface area contributed by atoms with Crippen LogP contribution in [0.5, 0.6) is 0 Å². The molecule has 1 heterocycles. The number of unbranched alkanes of at least 4 members (excludes halogenated alkanes) is 16. The lowest BCUT2D eigenvalue weighted by molar-refractivity contribution is -0.148. The summed E-state index contributed by atoms with van der Waals surface area (Å²) >= 11 is 1.67. The zero-order valence-electron chi connectivity index (χ0n) is 65.4. The number of nitrogens with zero attached hydrogens (tertiary/aromatic N) is 2. The van der Waals surface area contributed by atoms with Gasteiger partial charge in [0.15, 0.2) is 10.2 Å². The van der Waals surface area contributed by atoms with Crippen LogP contribution in [0.3, 0.4) is 0 Å². The summed E-state index contributed by atoms with van der Waals surface area (Å²) in [5, 5.41) is 49.6. The van der Waals surface area contributed by atoms with Crippen LogP contribution >= 0.6 is 23.5 Å². The number of carbonyl (C=O) groups is 8. The third kappa shape index (κ3) is 53.4. The fourth-order valence-electron chi connectivity index (χ4n) is 13.4. The van der Waals surface area contributed by atoms with Crippen LogP contribution in [0.15, 0.2) is 0 Å². The van der Waals surface area contributed by atoms with Gasteiger partial charge in [-0.3, -0.25) is 48.2 Å². The molecule has 0 radical (unpaired) electrons. The van der Waals surface area contributed by atoms with Gasteiger partial charge in [0.25, 0.3) is 0 Å². The van der Waals surface area contributed by atoms with Crippen LogP contribution < -0.4 is 10.6 Å². The van der Waals surface area contributed by atoms with E-state index in [0.29, 0.717) is 23.7 Å². The normalized spacial score (nSPS) is 15.3. The van der Waals surface area contributed by atoms with Crippen LogP contribution in [0.1, 0.15) is 325 Å². The van der Waals surface area contributed by atoms with Crippen LogP contribution in [0.2, 0.25) is 0 Å². The predicted molar refractivity (Wildman–Crippen MR) is 413 cm³/mol. The lowest BCUT2D eigenvalue weighted by Gasteiger charge is -2.29. The van der Waals surface area contributed by atoms with Gasteiger partial charge in [0.1, 0.15) is 12.1 Å². The Bertz CT molecular complexity index is 1880. The van der Waals surface area contributed by atoms with Crippen LogP contribution in [-0.2, 0) is 57.3 Å². The number of esters is 4. The van der Waals surface area contributed by atoms with Crippen molar-refractivity contribution in [2.75, 3.05) is 77.2 Å². The third-order valence-electron chi connectivity index (χ3n) is 19.7. The van der Waals surface area contributed by atoms with Crippen LogP contribution in [-0.4, -0.2) is 190 Å². The number of piperazine rings is 1. The number of ether oxygens (including phenoxy) is 4. The Hall–Kier alpha value is -3.38. The first kappa shape index (κ1) is 96.6. The van der Waals surface area contributed by atoms with E-state index < -0.39 is 72.2 Å². The second kappa shape index (κ2) is 64.8. The second-order valence-electron chi connectivity index (χ2n) is 29.4. The molecule has 0 saturated carbocycles. The topological polar surface area (TPSA) is 285 Å². The SMILES string of the molecule is CCCCCC(CCCCC)CCOC(=O)CC(O)CN(CCC(=O)SCC1NC(=O)C(CSC(=O)CCN(CC(O)CC(=O)OCCC(CCCCC)CCCCC)CC(O)CC(=O)OCCC(CCCCC)CCCCC)NC1=O)CC(O)CC(=O)OCCC(CCCCC)CCCCC. The molecule has 1 aliphatic heterocycles. The number of hydrogen-bond donors (Lipinski definition) is 6. The fraction of sp³-hybridized carbons (Fsp3) is 0.900. The highest BCUT2D eigenvalue weighted by Crippen LogP contribution is 2.26. The summed E-state index contributed by atoms with van der Waals surface area (Å²) in [6, 6.07) is -2.14. The summed E-state index contributed by atoms with van der Waals surface area (Å²) in [4.78, 5) is 109. The smallest absolute Gasteiger partial charge is 0.308 e. The quantitative estimate of drug-likeness (QED) is 0.0187. The first-order chi connectivity index (χ1) is 49.2. The lowest BCUT2D eigenvalue weighted by atomic mass is 9.92. The average Bonchev–Trinajstić information content (AvgIpc) is 0.845. The number of nitrogens with one attached hydrogen (secondary N) is 2. The van der Waals surface area contributed by atoms with E-state index in [1.54, 1.807) is 9.80 Å². The van der Waals surface area contributed by atoms with E-state index in [9.17, 15) is 58.8 Å². The molecule has 0 aromatic rings. The second-order valence-corrected chi connectivity index (χ2v) is 31.6. The fourth-order valence-corrected chi connectivity index (χ4v) is 15.1. The number of aliphatic hydroxyl groups is 4. The van der Waals surface area contributed by atoms with Crippen molar-refractivity contribution < 1.29 is 77.7 Å². The van der Waals surface area contributed by atoms with Gasteiger partial charge in [0.2, 0.25) is 11.8 Å². The molecule has 2 amide bonds. The number of amides is 2. The monoisotopic (exact) mass is 1490 g/mol. The van der Waals surface area contributed by atoms with Crippen molar-refractivity contribution in [3.05, 3.63) is 0 Å². The number of carbonyl (C=O) groups excluding carboxylic acids is 8. The largest absolute Gasteiger partial charge is 0.466 e. The highest BCUT2D eigenvalue weighted by molar-refractivity contribution is 8.13. The number of rotatable bonds is 70. The highest BCUT2D eigenvalue weighted by atomic mass is 32.2. The number of thioether (sulfide) groups is 2. The summed E-state index contributed by atoms with van der Waals surface area (Å²) in [5.74, 6) is -1.66. The third-order valence-corrected chi connectivity index (χ3v) is 21.8. The van der Waals surface area contributed by atoms with Crippen molar-refractivity contribution in [1.82, 2.24) is 20.4 Å². The standard InChI is InChI=1S/C80H148N4O16S2/c1-9-17-25-33-63(34-26-18-10-2)43-49-97-73(89)53-67(85)57-83(58-68(86)54-74(90)98-50-44-64(35-27-19-11-3)36-28-20-12-4)47-41-77(93)101-61-71-79(95)82-72(80(96)81-71)62-102-78(94)42-48-84(59-69(87)55-75(91)99-51-45-65(37-29-21-13-5)38-30-22-14-6)60-70(88)56-76(92)100-52-46-66(39-31-23-15-7)40-32-24-16-8/h63-72,85-88H,9-62H2,1-8H3,(H,81,96)(H,82,95). The van der Waals surface area contributed by atoms with E-state index in [-0.39, 0.29) is 126 Å². The molecule has 0 spiro atoms. The molecular formula is C80H148N4O16S2. The van der Waals surface area contributed by atoms with Gasteiger partial charge in [-0.2, -0.15) is 0 Å². The molecule has 0 aromatic carbocycles. The minimum atomic E-state index is -1.20. The summed E-state index contributed by atoms with van der Waals surface area (Å²) in [7, 11) is 0. The van der Waals surface area contributed by atoms with Gasteiger partial charge >= 0.3 is 23.9 Å². The molecular weight excluding hydrogens is 1340 g/mol. The first-order valence-corrected chi connectivity index (χ1v) is 42.9. The molecule has 0 aromatic heterocycles. The van der Waals surface area contributed by atoms with Crippen LogP contribution in [0.25, 0.3) is 0 Å². The Labute approximate surface area is 626 Å². The van der Waals surface area contributed by atoms with Crippen molar-refractivity contribution in [1.29, 1.82) is 0 Å². The minimum absolute atomic E-state index is 0.0370. The van der Waals surface area contributed by atoms with Gasteiger partial charge in [-0.25, -0.2) is 0 Å². The Balaban J connectivity index is 3.03. The van der Waals surface area contributed by atoms with E-state index in [0.717, 1.165) is 255 Å². The van der Waals surface area contributed by atoms with E-state index >= 15 is 0 Å². The van der Waals surface area contributed by atoms with Gasteiger partial charge in [-0.15, -0.1) is 0 Å². The summed E-state index contributed by atoms with van der Waals surface area (Å²) in [6.45, 7) is 18.1. The van der Waals surface area contributed by atoms with Gasteiger partial charge in [0, 0.05) is 63.6 Å². The Morgan fingerprint density at radius 3 is 0.745 bits per heavy atom. The average molecular weight is 1490 g/mol. The molecule has 1 aliphatic rings. The van der Waals surface area contributed by atoms with E-state index in [4.69, 9.17) is 18.9 Å². The van der Waals surface area contributed by atoms with Crippen molar-refractivity contribution >= 4 is 69.4 Å².